The Kier molecular flexibility index (Phi) is 2.80. The lowest BCUT2D eigenvalue weighted by atomic mass is 10.6. The van der Waals surface area contributed by atoms with E-state index in [0.717, 1.165) is 11.3 Å². The second-order valence-corrected chi connectivity index (χ2v) is 2.21. The Morgan fingerprint density at radius 1 is 1.33 bits per heavy atom. The zero-order valence-corrected chi connectivity index (χ0v) is 7.65. The summed E-state index contributed by atoms with van der Waals surface area (Å²) in [6, 6.07) is 3.81. The van der Waals surface area contributed by atoms with Crippen molar-refractivity contribution in [2.75, 3.05) is 0 Å². The van der Waals surface area contributed by atoms with E-state index in [2.05, 4.69) is 10.1 Å². The highest BCUT2D eigenvalue weighted by molar-refractivity contribution is 5.36. The Morgan fingerprint density at radius 3 is 2.75 bits per heavy atom. The molecule has 0 atom stereocenters. The van der Waals surface area contributed by atoms with Gasteiger partial charge in [-0.15, -0.1) is 0 Å². The van der Waals surface area contributed by atoms with E-state index in [-0.39, 0.29) is 0 Å². The van der Waals surface area contributed by atoms with Gasteiger partial charge in [-0.2, -0.15) is 5.10 Å². The van der Waals surface area contributed by atoms with E-state index in [9.17, 15) is 0 Å². The fourth-order valence-corrected chi connectivity index (χ4v) is 0.949. The van der Waals surface area contributed by atoms with Gasteiger partial charge in [0.15, 0.2) is 5.65 Å². The van der Waals surface area contributed by atoms with Gasteiger partial charge < -0.3 is 0 Å². The number of aryl methyl sites for hydroxylation is 1. The molecule has 2 heterocycles. The Labute approximate surface area is 72.1 Å². The van der Waals surface area contributed by atoms with E-state index in [0.29, 0.717) is 0 Å². The molecule has 2 aromatic heterocycles. The van der Waals surface area contributed by atoms with Gasteiger partial charge in [-0.05, 0) is 19.1 Å². The number of rotatable bonds is 0. The maximum Gasteiger partial charge on any atom is 0.153 e. The van der Waals surface area contributed by atoms with Gasteiger partial charge in [-0.3, -0.25) is 0 Å². The molecular weight excluding hydrogens is 150 g/mol. The molecule has 0 spiro atoms. The van der Waals surface area contributed by atoms with Crippen molar-refractivity contribution in [3.8, 4) is 0 Å². The van der Waals surface area contributed by atoms with Crippen molar-refractivity contribution in [1.82, 2.24) is 14.6 Å². The first-order valence-corrected chi connectivity index (χ1v) is 4.13. The number of hydrogen-bond acceptors (Lipinski definition) is 2. The van der Waals surface area contributed by atoms with Gasteiger partial charge in [0.05, 0.1) is 11.9 Å². The fourth-order valence-electron chi connectivity index (χ4n) is 0.949. The molecule has 0 radical (unpaired) electrons. The van der Waals surface area contributed by atoms with Crippen molar-refractivity contribution < 1.29 is 0 Å². The largest absolute Gasteiger partial charge is 0.232 e. The molecule has 0 bridgehead atoms. The van der Waals surface area contributed by atoms with Crippen LogP contribution in [0.3, 0.4) is 0 Å². The molecule has 0 saturated heterocycles. The first kappa shape index (κ1) is 8.71. The van der Waals surface area contributed by atoms with Crippen molar-refractivity contribution in [1.29, 1.82) is 0 Å². The van der Waals surface area contributed by atoms with Crippen LogP contribution >= 0.6 is 0 Å². The second-order valence-electron chi connectivity index (χ2n) is 2.21. The van der Waals surface area contributed by atoms with E-state index in [1.165, 1.54) is 0 Å². The lowest BCUT2D eigenvalue weighted by molar-refractivity contribution is 0.934. The SMILES string of the molecule is CC.Cc1cn2ncccc2n1. The molecule has 0 aliphatic carbocycles. The summed E-state index contributed by atoms with van der Waals surface area (Å²) in [7, 11) is 0. The zero-order valence-electron chi connectivity index (χ0n) is 7.65. The van der Waals surface area contributed by atoms with Crippen LogP contribution in [-0.4, -0.2) is 14.6 Å². The number of aromatic nitrogens is 3. The smallest absolute Gasteiger partial charge is 0.153 e. The summed E-state index contributed by atoms with van der Waals surface area (Å²) in [5.41, 5.74) is 1.90. The second kappa shape index (κ2) is 3.85. The lowest BCUT2D eigenvalue weighted by Gasteiger charge is -1.85. The summed E-state index contributed by atoms with van der Waals surface area (Å²) >= 11 is 0. The van der Waals surface area contributed by atoms with Crippen molar-refractivity contribution >= 4 is 5.65 Å². The van der Waals surface area contributed by atoms with E-state index in [1.54, 1.807) is 10.7 Å². The molecule has 0 aliphatic heterocycles. The van der Waals surface area contributed by atoms with Crippen LogP contribution in [0, 0.1) is 6.92 Å². The molecule has 12 heavy (non-hydrogen) atoms. The first-order chi connectivity index (χ1) is 5.86. The standard InChI is InChI=1S/C7H7N3.C2H6/c1-6-5-10-7(9-6)3-2-4-8-10;1-2/h2-5H,1H3;1-2H3. The Bertz CT molecular complexity index is 318. The number of nitrogens with zero attached hydrogens (tertiary/aromatic N) is 3. The van der Waals surface area contributed by atoms with E-state index in [4.69, 9.17) is 0 Å². The van der Waals surface area contributed by atoms with Gasteiger partial charge in [0.25, 0.3) is 0 Å². The van der Waals surface area contributed by atoms with Crippen molar-refractivity contribution in [3.05, 3.63) is 30.2 Å². The van der Waals surface area contributed by atoms with Crippen LogP contribution in [0.4, 0.5) is 0 Å². The molecule has 0 saturated carbocycles. The van der Waals surface area contributed by atoms with E-state index < -0.39 is 0 Å². The predicted octanol–water partition coefficient (Wildman–Crippen LogP) is 2.06. The number of fused-ring (bicyclic) bond motifs is 1. The normalized spacial score (nSPS) is 9.25. The van der Waals surface area contributed by atoms with Gasteiger partial charge in [-0.25, -0.2) is 9.50 Å². The first-order valence-electron chi connectivity index (χ1n) is 4.13. The van der Waals surface area contributed by atoms with Crippen LogP contribution in [0.1, 0.15) is 19.5 Å². The molecule has 0 aliphatic rings. The molecular formula is C9H13N3. The molecule has 2 aromatic rings. The van der Waals surface area contributed by atoms with Crippen LogP contribution in [0.2, 0.25) is 0 Å². The minimum atomic E-state index is 0.903. The zero-order chi connectivity index (χ0) is 8.97. The number of hydrogen-bond donors (Lipinski definition) is 0. The molecule has 2 rings (SSSR count). The third-order valence-electron chi connectivity index (χ3n) is 1.36. The summed E-state index contributed by atoms with van der Waals surface area (Å²) in [6.45, 7) is 5.95. The molecule has 64 valence electrons. The topological polar surface area (TPSA) is 30.2 Å². The highest BCUT2D eigenvalue weighted by Gasteiger charge is 1.93. The highest BCUT2D eigenvalue weighted by atomic mass is 15.2. The molecule has 0 unspecified atom stereocenters. The molecule has 3 nitrogen and oxygen atoms in total. The average Bonchev–Trinajstić information content (AvgIpc) is 2.48. The molecule has 0 amide bonds. The molecule has 3 heteroatoms. The van der Waals surface area contributed by atoms with Gasteiger partial charge in [-0.1, -0.05) is 13.8 Å². The van der Waals surface area contributed by atoms with E-state index in [1.807, 2.05) is 39.1 Å². The van der Waals surface area contributed by atoms with Crippen molar-refractivity contribution in [3.63, 3.8) is 0 Å². The number of imidazole rings is 1. The Balaban J connectivity index is 0.000000336. The van der Waals surface area contributed by atoms with E-state index >= 15 is 0 Å². The van der Waals surface area contributed by atoms with Crippen LogP contribution in [0.15, 0.2) is 24.5 Å². The van der Waals surface area contributed by atoms with Crippen LogP contribution < -0.4 is 0 Å². The summed E-state index contributed by atoms with van der Waals surface area (Å²) < 4.78 is 1.76. The highest BCUT2D eigenvalue weighted by Crippen LogP contribution is 1.99. The Morgan fingerprint density at radius 2 is 2.08 bits per heavy atom. The maximum absolute atomic E-state index is 4.21. The molecule has 0 aromatic carbocycles. The third kappa shape index (κ3) is 1.61. The van der Waals surface area contributed by atoms with Gasteiger partial charge in [0, 0.05) is 6.20 Å². The molecule has 0 fully saturated rings. The summed E-state index contributed by atoms with van der Waals surface area (Å²) in [6.07, 6.45) is 3.64. The van der Waals surface area contributed by atoms with Crippen LogP contribution in [0.5, 0.6) is 0 Å². The van der Waals surface area contributed by atoms with Gasteiger partial charge in [0.2, 0.25) is 0 Å². The minimum absolute atomic E-state index is 0.903. The average molecular weight is 163 g/mol. The van der Waals surface area contributed by atoms with Crippen molar-refractivity contribution in [2.24, 2.45) is 0 Å². The van der Waals surface area contributed by atoms with Crippen LogP contribution in [0.25, 0.3) is 5.65 Å². The fraction of sp³-hybridized carbons (Fsp3) is 0.333. The predicted molar refractivity (Wildman–Crippen MR) is 49.1 cm³/mol. The summed E-state index contributed by atoms with van der Waals surface area (Å²) in [4.78, 5) is 4.21. The summed E-state index contributed by atoms with van der Waals surface area (Å²) in [5.74, 6) is 0. The van der Waals surface area contributed by atoms with Gasteiger partial charge in [0.1, 0.15) is 0 Å². The lowest BCUT2D eigenvalue weighted by Crippen LogP contribution is -1.85. The van der Waals surface area contributed by atoms with Crippen molar-refractivity contribution in [2.45, 2.75) is 20.8 Å². The third-order valence-corrected chi connectivity index (χ3v) is 1.36. The Hall–Kier alpha value is -1.38. The van der Waals surface area contributed by atoms with Gasteiger partial charge >= 0.3 is 0 Å². The van der Waals surface area contributed by atoms with Crippen LogP contribution in [-0.2, 0) is 0 Å². The molecule has 0 N–H and O–H groups in total. The quantitative estimate of drug-likeness (QED) is 0.595. The maximum atomic E-state index is 4.21. The summed E-state index contributed by atoms with van der Waals surface area (Å²) in [5, 5.41) is 4.06. The minimum Gasteiger partial charge on any atom is -0.232 e. The monoisotopic (exact) mass is 163 g/mol.